The van der Waals surface area contributed by atoms with Crippen molar-refractivity contribution in [2.24, 2.45) is 0 Å². The normalized spacial score (nSPS) is 12.8. The molecule has 1 aromatic heterocycles. The van der Waals surface area contributed by atoms with Crippen LogP contribution < -0.4 is 29.3 Å². The Hall–Kier alpha value is -4.92. The molecular formula is C31H30O9. The molecule has 0 amide bonds. The number of phenols is 1. The quantitative estimate of drug-likeness (QED) is 0.183. The van der Waals surface area contributed by atoms with Gasteiger partial charge in [0, 0.05) is 13.0 Å². The second-order valence-corrected chi connectivity index (χ2v) is 9.35. The third-order valence-corrected chi connectivity index (χ3v) is 6.02. The number of methoxy groups -OCH3 is 3. The maximum Gasteiger partial charge on any atom is 0.347 e. The number of rotatable bonds is 5. The average Bonchev–Trinajstić information content (AvgIpc) is 2.92. The molecule has 0 atom stereocenters. The van der Waals surface area contributed by atoms with E-state index in [0.717, 1.165) is 5.56 Å². The molecule has 0 radical (unpaired) electrons. The third kappa shape index (κ3) is 5.88. The molecule has 0 saturated heterocycles. The Morgan fingerprint density at radius 3 is 2.08 bits per heavy atom. The SMILES string of the molecule is CC(=O)Oc1ccc(O)cc1.COc1ccc(-c2c(OC)c3c(OC)c4c(cc3oc2=O)OC(C)(C)C=C4)cc1. The van der Waals surface area contributed by atoms with Gasteiger partial charge in [0.05, 0.1) is 26.9 Å². The topological polar surface area (TPSA) is 114 Å². The van der Waals surface area contributed by atoms with Gasteiger partial charge in [-0.3, -0.25) is 4.79 Å². The molecule has 0 saturated carbocycles. The Morgan fingerprint density at radius 1 is 0.875 bits per heavy atom. The Labute approximate surface area is 231 Å². The van der Waals surface area contributed by atoms with Crippen LogP contribution in [0.5, 0.6) is 34.5 Å². The van der Waals surface area contributed by atoms with E-state index in [-0.39, 0.29) is 11.7 Å². The summed E-state index contributed by atoms with van der Waals surface area (Å²) in [5, 5.41) is 9.43. The van der Waals surface area contributed by atoms with Gasteiger partial charge in [0.1, 0.15) is 56.6 Å². The molecule has 5 rings (SSSR count). The highest BCUT2D eigenvalue weighted by atomic mass is 16.5. The summed E-state index contributed by atoms with van der Waals surface area (Å²) in [5.41, 5.74) is 1.11. The molecule has 1 aliphatic heterocycles. The molecule has 9 heteroatoms. The van der Waals surface area contributed by atoms with Crippen LogP contribution in [0.25, 0.3) is 28.2 Å². The van der Waals surface area contributed by atoms with Gasteiger partial charge in [-0.2, -0.15) is 0 Å². The molecule has 40 heavy (non-hydrogen) atoms. The molecule has 0 unspecified atom stereocenters. The van der Waals surface area contributed by atoms with Crippen molar-refractivity contribution in [1.82, 2.24) is 0 Å². The van der Waals surface area contributed by atoms with Crippen LogP contribution in [0, 0.1) is 0 Å². The van der Waals surface area contributed by atoms with Crippen molar-refractivity contribution in [2.75, 3.05) is 21.3 Å². The molecule has 0 aliphatic carbocycles. The smallest absolute Gasteiger partial charge is 0.347 e. The van der Waals surface area contributed by atoms with Crippen molar-refractivity contribution >= 4 is 23.0 Å². The Morgan fingerprint density at radius 2 is 1.50 bits per heavy atom. The molecule has 9 nitrogen and oxygen atoms in total. The van der Waals surface area contributed by atoms with Gasteiger partial charge in [-0.1, -0.05) is 12.1 Å². The Bertz CT molecular complexity index is 1610. The molecular weight excluding hydrogens is 516 g/mol. The van der Waals surface area contributed by atoms with Gasteiger partial charge in [0.25, 0.3) is 0 Å². The fraction of sp³-hybridized carbons (Fsp3) is 0.226. The van der Waals surface area contributed by atoms with E-state index in [2.05, 4.69) is 0 Å². The van der Waals surface area contributed by atoms with Gasteiger partial charge in [0.2, 0.25) is 0 Å². The van der Waals surface area contributed by atoms with Crippen LogP contribution in [-0.4, -0.2) is 38.0 Å². The lowest BCUT2D eigenvalue weighted by Gasteiger charge is -2.29. The van der Waals surface area contributed by atoms with Crippen molar-refractivity contribution in [1.29, 1.82) is 0 Å². The van der Waals surface area contributed by atoms with Crippen LogP contribution in [0.1, 0.15) is 26.3 Å². The number of ether oxygens (including phenoxy) is 5. The van der Waals surface area contributed by atoms with Crippen LogP contribution in [0.15, 0.2) is 69.9 Å². The number of esters is 1. The number of carbonyl (C=O) groups excluding carboxylic acids is 1. The highest BCUT2D eigenvalue weighted by Crippen LogP contribution is 2.47. The Kier molecular flexibility index (Phi) is 8.04. The van der Waals surface area contributed by atoms with E-state index >= 15 is 0 Å². The molecule has 1 N–H and O–H groups in total. The third-order valence-electron chi connectivity index (χ3n) is 6.02. The number of hydrogen-bond donors (Lipinski definition) is 1. The van der Waals surface area contributed by atoms with Crippen LogP contribution in [-0.2, 0) is 4.79 Å². The lowest BCUT2D eigenvalue weighted by Crippen LogP contribution is -2.27. The maximum absolute atomic E-state index is 12.9. The molecule has 3 aromatic carbocycles. The van der Waals surface area contributed by atoms with Crippen LogP contribution in [0.3, 0.4) is 0 Å². The number of carbonyl (C=O) groups is 1. The standard InChI is InChI=1S/C23H22O6.C8H8O3/c1-23(2)11-10-15-16(29-23)12-17-19(20(15)26-4)21(27-5)18(22(24)28-17)13-6-8-14(25-3)9-7-13;1-6(9)11-8-4-2-7(10)3-5-8/h6-12H,1-5H3;2-5,10H,1H3. The van der Waals surface area contributed by atoms with Gasteiger partial charge >= 0.3 is 11.6 Å². The summed E-state index contributed by atoms with van der Waals surface area (Å²) in [4.78, 5) is 23.3. The minimum Gasteiger partial charge on any atom is -0.508 e. The zero-order valence-corrected chi connectivity index (χ0v) is 23.1. The van der Waals surface area contributed by atoms with Crippen LogP contribution in [0.4, 0.5) is 0 Å². The van der Waals surface area contributed by atoms with Crippen LogP contribution in [0.2, 0.25) is 0 Å². The first-order valence-corrected chi connectivity index (χ1v) is 12.3. The van der Waals surface area contributed by atoms with Crippen molar-refractivity contribution in [3.8, 4) is 45.6 Å². The minimum atomic E-state index is -0.507. The predicted octanol–water partition coefficient (Wildman–Crippen LogP) is 5.99. The fourth-order valence-corrected chi connectivity index (χ4v) is 4.24. The first kappa shape index (κ1) is 28.1. The second kappa shape index (κ2) is 11.4. The predicted molar refractivity (Wildman–Crippen MR) is 151 cm³/mol. The monoisotopic (exact) mass is 546 g/mol. The first-order chi connectivity index (χ1) is 19.1. The van der Waals surface area contributed by atoms with Gasteiger partial charge < -0.3 is 33.2 Å². The van der Waals surface area contributed by atoms with Crippen molar-refractivity contribution in [3.63, 3.8) is 0 Å². The first-order valence-electron chi connectivity index (χ1n) is 12.3. The number of aromatic hydroxyl groups is 1. The van der Waals surface area contributed by atoms with Gasteiger partial charge in [-0.25, -0.2) is 4.79 Å². The summed E-state index contributed by atoms with van der Waals surface area (Å²) in [6.45, 7) is 5.23. The molecule has 0 fully saturated rings. The lowest BCUT2D eigenvalue weighted by molar-refractivity contribution is -0.131. The van der Waals surface area contributed by atoms with E-state index in [9.17, 15) is 9.59 Å². The molecule has 0 spiro atoms. The summed E-state index contributed by atoms with van der Waals surface area (Å²) in [7, 11) is 4.68. The second-order valence-electron chi connectivity index (χ2n) is 9.35. The number of phenolic OH excluding ortho intramolecular Hbond substituents is 1. The van der Waals surface area contributed by atoms with E-state index in [1.807, 2.05) is 26.0 Å². The summed E-state index contributed by atoms with van der Waals surface area (Å²) in [6.07, 6.45) is 3.91. The summed E-state index contributed by atoms with van der Waals surface area (Å²) in [6, 6.07) is 14.8. The molecule has 208 valence electrons. The summed E-state index contributed by atoms with van der Waals surface area (Å²) < 4.78 is 33.0. The van der Waals surface area contributed by atoms with E-state index < -0.39 is 11.2 Å². The average molecular weight is 547 g/mol. The van der Waals surface area contributed by atoms with E-state index in [0.29, 0.717) is 50.8 Å². The van der Waals surface area contributed by atoms with E-state index in [1.165, 1.54) is 38.3 Å². The highest BCUT2D eigenvalue weighted by Gasteiger charge is 2.29. The maximum atomic E-state index is 12.9. The van der Waals surface area contributed by atoms with Gasteiger partial charge in [0.15, 0.2) is 0 Å². The zero-order valence-electron chi connectivity index (χ0n) is 23.1. The molecule has 4 aromatic rings. The fourth-order valence-electron chi connectivity index (χ4n) is 4.24. The zero-order chi connectivity index (χ0) is 29.0. The Balaban J connectivity index is 0.000000283. The summed E-state index contributed by atoms with van der Waals surface area (Å²) in [5.74, 6) is 2.42. The van der Waals surface area contributed by atoms with Gasteiger partial charge in [-0.05, 0) is 68.0 Å². The molecule has 0 bridgehead atoms. The number of fused-ring (bicyclic) bond motifs is 2. The van der Waals surface area contributed by atoms with Crippen molar-refractivity contribution in [3.05, 3.63) is 76.7 Å². The van der Waals surface area contributed by atoms with Gasteiger partial charge in [-0.15, -0.1) is 0 Å². The highest BCUT2D eigenvalue weighted by molar-refractivity contribution is 5.99. The number of benzene rings is 3. The van der Waals surface area contributed by atoms with Crippen molar-refractivity contribution in [2.45, 2.75) is 26.4 Å². The minimum absolute atomic E-state index is 0.154. The van der Waals surface area contributed by atoms with Crippen molar-refractivity contribution < 1.29 is 38.0 Å². The number of hydrogen-bond acceptors (Lipinski definition) is 9. The lowest BCUT2D eigenvalue weighted by atomic mass is 9.98. The molecule has 1 aliphatic rings. The largest absolute Gasteiger partial charge is 0.508 e. The van der Waals surface area contributed by atoms with E-state index in [4.69, 9.17) is 33.2 Å². The van der Waals surface area contributed by atoms with Crippen LogP contribution >= 0.6 is 0 Å². The van der Waals surface area contributed by atoms with E-state index in [1.54, 1.807) is 44.6 Å². The summed E-state index contributed by atoms with van der Waals surface area (Å²) >= 11 is 0. The molecule has 2 heterocycles.